The van der Waals surface area contributed by atoms with Crippen molar-refractivity contribution >= 4 is 35.3 Å². The van der Waals surface area contributed by atoms with Crippen molar-refractivity contribution in [1.29, 1.82) is 0 Å². The van der Waals surface area contributed by atoms with Gasteiger partial charge in [-0.1, -0.05) is 27.7 Å². The molecule has 0 aliphatic carbocycles. The Balaban J connectivity index is 1.70. The molecule has 1 unspecified atom stereocenters. The molecule has 0 spiro atoms. The minimum absolute atomic E-state index is 0.00265. The molecule has 4 aliphatic heterocycles. The quantitative estimate of drug-likeness (QED) is 0.172. The van der Waals surface area contributed by atoms with Gasteiger partial charge in [-0.15, -0.1) is 0 Å². The smallest absolute Gasteiger partial charge is 0.410 e. The van der Waals surface area contributed by atoms with E-state index in [1.165, 1.54) is 31.3 Å². The average Bonchev–Trinajstić information content (AvgIpc) is 3.65. The van der Waals surface area contributed by atoms with Gasteiger partial charge in [-0.2, -0.15) is 0 Å². The highest BCUT2D eigenvalue weighted by atomic mass is 16.6. The number of nitrogens with zero attached hydrogens (tertiary/aromatic N) is 3. The van der Waals surface area contributed by atoms with E-state index in [4.69, 9.17) is 28.4 Å². The number of nitrogens with one attached hydrogen (secondary N) is 2. The summed E-state index contributed by atoms with van der Waals surface area (Å²) in [5.41, 5.74) is -0.822. The highest BCUT2D eigenvalue weighted by molar-refractivity contribution is 5.93. The number of hydrogen-bond acceptors (Lipinski definition) is 14. The lowest BCUT2D eigenvalue weighted by Crippen LogP contribution is -2.56. The first kappa shape index (κ1) is 42.6. The van der Waals surface area contributed by atoms with Gasteiger partial charge in [0.1, 0.15) is 44.6 Å². The number of nitro benzene ring substituents is 2. The van der Waals surface area contributed by atoms with E-state index in [-0.39, 0.29) is 72.6 Å². The Bertz CT molecular complexity index is 1830. The minimum atomic E-state index is -1.20. The molecule has 2 aromatic rings. The summed E-state index contributed by atoms with van der Waals surface area (Å²) in [5.74, 6) is -2.47. The second-order valence-electron chi connectivity index (χ2n) is 13.8. The van der Waals surface area contributed by atoms with Crippen molar-refractivity contribution in [3.8, 4) is 23.0 Å². The van der Waals surface area contributed by atoms with Crippen LogP contribution in [-0.4, -0.2) is 90.7 Å². The maximum absolute atomic E-state index is 13.7. The van der Waals surface area contributed by atoms with Crippen LogP contribution < -0.4 is 29.6 Å². The predicted octanol–water partition coefficient (Wildman–Crippen LogP) is 4.36. The number of methoxy groups -OCH3 is 2. The fourth-order valence-electron chi connectivity index (χ4n) is 6.15. The first-order valence-corrected chi connectivity index (χ1v) is 18.0. The molecule has 1 saturated heterocycles. The average molecular weight is 786 g/mol. The van der Waals surface area contributed by atoms with Gasteiger partial charge in [-0.05, 0) is 55.4 Å². The molecular weight excluding hydrogens is 738 g/mol. The molecule has 6 rings (SSSR count). The fraction of sp³-hybridized carbons (Fsp3) is 0.514. The van der Waals surface area contributed by atoms with E-state index in [1.54, 1.807) is 26.0 Å². The lowest BCUT2D eigenvalue weighted by Gasteiger charge is -2.28. The molecular formula is C37H47N5O14. The Morgan fingerprint density at radius 2 is 1.32 bits per heavy atom. The molecule has 304 valence electrons. The molecule has 19 heteroatoms. The number of fused-ring (bicyclic) bond motifs is 2. The maximum Gasteiger partial charge on any atom is 0.410 e. The maximum atomic E-state index is 13.7. The van der Waals surface area contributed by atoms with Gasteiger partial charge in [0, 0.05) is 6.54 Å². The van der Waals surface area contributed by atoms with Crippen LogP contribution in [0.15, 0.2) is 36.4 Å². The van der Waals surface area contributed by atoms with E-state index < -0.39 is 82.4 Å². The molecule has 2 aromatic carbocycles. The Morgan fingerprint density at radius 1 is 0.786 bits per heavy atom. The Morgan fingerprint density at radius 3 is 1.80 bits per heavy atom. The number of benzene rings is 2. The topological polar surface area (TPSA) is 237 Å². The van der Waals surface area contributed by atoms with Crippen molar-refractivity contribution in [1.82, 2.24) is 15.5 Å². The predicted molar refractivity (Wildman–Crippen MR) is 197 cm³/mol. The van der Waals surface area contributed by atoms with Gasteiger partial charge in [-0.25, -0.2) is 9.59 Å². The summed E-state index contributed by atoms with van der Waals surface area (Å²) in [6, 6.07) is 1.57. The van der Waals surface area contributed by atoms with Crippen molar-refractivity contribution in [2.75, 3.05) is 34.0 Å². The Hall–Kier alpha value is -6.14. The number of amides is 3. The zero-order valence-electron chi connectivity index (χ0n) is 32.1. The van der Waals surface area contributed by atoms with Crippen LogP contribution in [-0.2, 0) is 37.1 Å². The third-order valence-electron chi connectivity index (χ3n) is 9.03. The number of nitro groups is 2. The monoisotopic (exact) mass is 785 g/mol. The molecule has 3 atom stereocenters. The normalized spacial score (nSPS) is 20.1. The Kier molecular flexibility index (Phi) is 14.8. The van der Waals surface area contributed by atoms with Crippen molar-refractivity contribution in [3.63, 3.8) is 0 Å². The van der Waals surface area contributed by atoms with E-state index in [9.17, 15) is 39.4 Å². The van der Waals surface area contributed by atoms with Crippen LogP contribution in [0.3, 0.4) is 0 Å². The van der Waals surface area contributed by atoms with Crippen LogP contribution in [0.1, 0.15) is 58.1 Å². The van der Waals surface area contributed by atoms with Gasteiger partial charge in [0.2, 0.25) is 11.8 Å². The van der Waals surface area contributed by atoms with E-state index in [2.05, 4.69) is 10.6 Å². The van der Waals surface area contributed by atoms with E-state index >= 15 is 0 Å². The molecule has 3 amide bonds. The van der Waals surface area contributed by atoms with Gasteiger partial charge in [0.05, 0.1) is 47.3 Å². The van der Waals surface area contributed by atoms with Crippen LogP contribution in [0.4, 0.5) is 16.2 Å². The molecule has 0 aromatic heterocycles. The summed E-state index contributed by atoms with van der Waals surface area (Å²) in [4.78, 5) is 78.0. The molecule has 1 fully saturated rings. The van der Waals surface area contributed by atoms with Crippen molar-refractivity contribution < 1.29 is 57.4 Å². The van der Waals surface area contributed by atoms with Crippen molar-refractivity contribution in [3.05, 3.63) is 67.8 Å². The second-order valence-corrected chi connectivity index (χ2v) is 13.8. The van der Waals surface area contributed by atoms with Crippen LogP contribution in [0.2, 0.25) is 0 Å². The van der Waals surface area contributed by atoms with E-state index in [0.29, 0.717) is 6.42 Å². The number of esters is 1. The number of hydrogen-bond donors (Lipinski definition) is 2. The molecule has 2 N–H and O–H groups in total. The van der Waals surface area contributed by atoms with Gasteiger partial charge in [-0.3, -0.25) is 34.7 Å². The third kappa shape index (κ3) is 10.8. The Labute approximate surface area is 322 Å². The van der Waals surface area contributed by atoms with Crippen molar-refractivity contribution in [2.45, 2.75) is 78.3 Å². The van der Waals surface area contributed by atoms with Gasteiger partial charge in [0.25, 0.3) is 11.4 Å². The minimum Gasteiger partial charge on any atom is -0.493 e. The van der Waals surface area contributed by atoms with Crippen LogP contribution in [0.25, 0.3) is 0 Å². The zero-order valence-corrected chi connectivity index (χ0v) is 32.1. The first-order valence-electron chi connectivity index (χ1n) is 18.0. The summed E-state index contributed by atoms with van der Waals surface area (Å²) in [7, 11) is 2.67. The summed E-state index contributed by atoms with van der Waals surface area (Å²) in [5, 5.41) is 29.5. The van der Waals surface area contributed by atoms with E-state index in [1.807, 2.05) is 13.8 Å². The largest absolute Gasteiger partial charge is 0.493 e. The SMILES string of the molecule is COc1cc2c([N+](=O)[O-])cc1OCC=CCOc1cc([N+](=O)[O-])c(cc1OC)COC(=O)N1CCC[C@H]1C(=O)N[C@@H](CC(C)C)C(=O)NC(C(C)C)C(=O)OC2. The number of rotatable bonds is 7. The van der Waals surface area contributed by atoms with Crippen molar-refractivity contribution in [2.24, 2.45) is 11.8 Å². The van der Waals surface area contributed by atoms with Crippen LogP contribution >= 0.6 is 0 Å². The summed E-state index contributed by atoms with van der Waals surface area (Å²) in [6.45, 7) is 5.95. The van der Waals surface area contributed by atoms with Crippen LogP contribution in [0.5, 0.6) is 23.0 Å². The zero-order chi connectivity index (χ0) is 41.1. The summed E-state index contributed by atoms with van der Waals surface area (Å²) < 4.78 is 33.2. The molecule has 0 saturated carbocycles. The lowest BCUT2D eigenvalue weighted by atomic mass is 10.00. The fourth-order valence-corrected chi connectivity index (χ4v) is 6.15. The van der Waals surface area contributed by atoms with Gasteiger partial charge >= 0.3 is 12.1 Å². The van der Waals surface area contributed by atoms with Gasteiger partial charge < -0.3 is 39.1 Å². The standard InChI is InChI=1S/C37H47N5O14/c1-21(2)14-25-34(43)39-33(22(3)4)36(45)55-19-23-15-29(51-5)31(17-27(23)41(47)48)53-12-7-8-13-54-32-18-28(42(49)50)24(16-30(32)52-6)20-56-37(46)40-11-9-10-26(40)35(44)38-25/h7-8,15-18,21-22,25-26,33H,9-14,19-20H2,1-6H3,(H,38,44)(H,39,43)/t25-,26-,33?/m0/s1. The number of carbonyl (C=O) groups excluding carboxylic acids is 4. The highest BCUT2D eigenvalue weighted by Gasteiger charge is 2.38. The molecule has 19 nitrogen and oxygen atoms in total. The lowest BCUT2D eigenvalue weighted by molar-refractivity contribution is -0.386. The third-order valence-corrected chi connectivity index (χ3v) is 9.03. The number of carbonyl (C=O) groups is 4. The molecule has 4 heterocycles. The molecule has 56 heavy (non-hydrogen) atoms. The second kappa shape index (κ2) is 19.4. The number of ether oxygens (including phenoxy) is 6. The van der Waals surface area contributed by atoms with Gasteiger partial charge in [0.15, 0.2) is 23.0 Å². The van der Waals surface area contributed by atoms with E-state index in [0.717, 1.165) is 12.1 Å². The first-order chi connectivity index (χ1) is 26.6. The highest BCUT2D eigenvalue weighted by Crippen LogP contribution is 2.37. The molecule has 0 radical (unpaired) electrons. The van der Waals surface area contributed by atoms with Crippen LogP contribution in [0, 0.1) is 32.1 Å². The molecule has 4 bridgehead atoms. The summed E-state index contributed by atoms with van der Waals surface area (Å²) >= 11 is 0. The summed E-state index contributed by atoms with van der Waals surface area (Å²) in [6.07, 6.45) is 3.08. The molecule has 4 aliphatic rings.